The van der Waals surface area contributed by atoms with E-state index in [4.69, 9.17) is 4.74 Å². The number of nitrogens with zero attached hydrogens (tertiary/aromatic N) is 2. The van der Waals surface area contributed by atoms with E-state index in [1.165, 1.54) is 0 Å². The normalized spacial score (nSPS) is 16.3. The van der Waals surface area contributed by atoms with Gasteiger partial charge in [-0.25, -0.2) is 0 Å². The van der Waals surface area contributed by atoms with E-state index in [-0.39, 0.29) is 10.6 Å². The van der Waals surface area contributed by atoms with Crippen LogP contribution in [0.2, 0.25) is 0 Å². The fourth-order valence-electron chi connectivity index (χ4n) is 2.12. The van der Waals surface area contributed by atoms with E-state index in [1.807, 2.05) is 13.0 Å². The minimum Gasteiger partial charge on any atom is -0.379 e. The summed E-state index contributed by atoms with van der Waals surface area (Å²) in [5, 5.41) is 14.1. The smallest absolute Gasteiger partial charge is 0.292 e. The summed E-state index contributed by atoms with van der Waals surface area (Å²) in [6.07, 6.45) is 0. The highest BCUT2D eigenvalue weighted by Gasteiger charge is 2.14. The Morgan fingerprint density at radius 1 is 1.42 bits per heavy atom. The standard InChI is InChI=1S/C13H19N3O3/c1-11-2-3-13(16(17)18)12(10-11)14-4-5-15-6-8-19-9-7-15/h2-3,10,14H,4-9H2,1H3. The third kappa shape index (κ3) is 3.90. The first-order chi connectivity index (χ1) is 9.16. The van der Waals surface area contributed by atoms with Crippen LogP contribution < -0.4 is 5.32 Å². The van der Waals surface area contributed by atoms with Gasteiger partial charge in [-0.3, -0.25) is 15.0 Å². The number of nitrogens with one attached hydrogen (secondary N) is 1. The molecule has 1 saturated heterocycles. The molecule has 0 radical (unpaired) electrons. The highest BCUT2D eigenvalue weighted by Crippen LogP contribution is 2.24. The second-order valence-electron chi connectivity index (χ2n) is 4.66. The van der Waals surface area contributed by atoms with Gasteiger partial charge in [0.2, 0.25) is 0 Å². The molecule has 1 aromatic carbocycles. The number of hydrogen-bond acceptors (Lipinski definition) is 5. The zero-order chi connectivity index (χ0) is 13.7. The summed E-state index contributed by atoms with van der Waals surface area (Å²) in [4.78, 5) is 12.9. The van der Waals surface area contributed by atoms with Crippen molar-refractivity contribution < 1.29 is 9.66 Å². The molecule has 1 aromatic rings. The molecule has 0 aliphatic carbocycles. The van der Waals surface area contributed by atoms with Crippen molar-refractivity contribution in [1.29, 1.82) is 0 Å². The first-order valence-corrected chi connectivity index (χ1v) is 6.46. The summed E-state index contributed by atoms with van der Waals surface area (Å²) in [6.45, 7) is 6.89. The second-order valence-corrected chi connectivity index (χ2v) is 4.66. The van der Waals surface area contributed by atoms with E-state index in [0.717, 1.165) is 38.4 Å². The average Bonchev–Trinajstić information content (AvgIpc) is 2.39. The van der Waals surface area contributed by atoms with Crippen LogP contribution in [0.1, 0.15) is 5.56 Å². The predicted octanol–water partition coefficient (Wildman–Crippen LogP) is 1.65. The second kappa shape index (κ2) is 6.49. The van der Waals surface area contributed by atoms with E-state index in [0.29, 0.717) is 12.2 Å². The van der Waals surface area contributed by atoms with Crippen LogP contribution >= 0.6 is 0 Å². The molecule has 1 aliphatic rings. The maximum absolute atomic E-state index is 10.9. The highest BCUT2D eigenvalue weighted by molar-refractivity contribution is 5.62. The van der Waals surface area contributed by atoms with Crippen LogP contribution in [0.15, 0.2) is 18.2 Å². The summed E-state index contributed by atoms with van der Waals surface area (Å²) < 4.78 is 5.28. The molecule has 1 aliphatic heterocycles. The maximum Gasteiger partial charge on any atom is 0.292 e. The average molecular weight is 265 g/mol. The molecular weight excluding hydrogens is 246 g/mol. The van der Waals surface area contributed by atoms with Crippen molar-refractivity contribution in [2.24, 2.45) is 0 Å². The van der Waals surface area contributed by atoms with Crippen LogP contribution in [-0.4, -0.2) is 49.2 Å². The molecule has 0 amide bonds. The number of nitro groups is 1. The van der Waals surface area contributed by atoms with Crippen molar-refractivity contribution in [3.63, 3.8) is 0 Å². The Hall–Kier alpha value is -1.66. The molecule has 0 spiro atoms. The van der Waals surface area contributed by atoms with Crippen LogP contribution in [0.3, 0.4) is 0 Å². The molecule has 0 bridgehead atoms. The van der Waals surface area contributed by atoms with E-state index in [9.17, 15) is 10.1 Å². The lowest BCUT2D eigenvalue weighted by molar-refractivity contribution is -0.384. The lowest BCUT2D eigenvalue weighted by atomic mass is 10.2. The molecule has 19 heavy (non-hydrogen) atoms. The van der Waals surface area contributed by atoms with Gasteiger partial charge in [-0.2, -0.15) is 0 Å². The quantitative estimate of drug-likeness (QED) is 0.647. The predicted molar refractivity (Wildman–Crippen MR) is 73.6 cm³/mol. The van der Waals surface area contributed by atoms with Gasteiger partial charge in [-0.1, -0.05) is 6.07 Å². The highest BCUT2D eigenvalue weighted by atomic mass is 16.6. The van der Waals surface area contributed by atoms with Crippen LogP contribution in [0.25, 0.3) is 0 Å². The van der Waals surface area contributed by atoms with Gasteiger partial charge in [0.1, 0.15) is 5.69 Å². The molecule has 0 aromatic heterocycles. The fraction of sp³-hybridized carbons (Fsp3) is 0.538. The van der Waals surface area contributed by atoms with E-state index >= 15 is 0 Å². The van der Waals surface area contributed by atoms with Crippen molar-refractivity contribution in [3.8, 4) is 0 Å². The van der Waals surface area contributed by atoms with Crippen LogP contribution in [0.5, 0.6) is 0 Å². The molecule has 2 rings (SSSR count). The molecular formula is C13H19N3O3. The van der Waals surface area contributed by atoms with Gasteiger partial charge >= 0.3 is 0 Å². The van der Waals surface area contributed by atoms with Crippen LogP contribution in [0.4, 0.5) is 11.4 Å². The third-order valence-electron chi connectivity index (χ3n) is 3.20. The Labute approximate surface area is 112 Å². The Bertz CT molecular complexity index is 445. The Morgan fingerprint density at radius 2 is 2.16 bits per heavy atom. The molecule has 1 fully saturated rings. The van der Waals surface area contributed by atoms with Gasteiger partial charge < -0.3 is 10.1 Å². The Balaban J connectivity index is 1.91. The Morgan fingerprint density at radius 3 is 2.84 bits per heavy atom. The number of anilines is 1. The lowest BCUT2D eigenvalue weighted by Gasteiger charge is -2.26. The molecule has 104 valence electrons. The molecule has 6 nitrogen and oxygen atoms in total. The van der Waals surface area contributed by atoms with Crippen molar-refractivity contribution in [2.45, 2.75) is 6.92 Å². The molecule has 6 heteroatoms. The molecule has 0 unspecified atom stereocenters. The zero-order valence-electron chi connectivity index (χ0n) is 11.1. The van der Waals surface area contributed by atoms with Gasteiger partial charge in [-0.05, 0) is 18.6 Å². The van der Waals surface area contributed by atoms with Gasteiger partial charge in [0.05, 0.1) is 18.1 Å². The van der Waals surface area contributed by atoms with Crippen molar-refractivity contribution in [3.05, 3.63) is 33.9 Å². The monoisotopic (exact) mass is 265 g/mol. The summed E-state index contributed by atoms with van der Waals surface area (Å²) in [6, 6.07) is 5.12. The number of aryl methyl sites for hydroxylation is 1. The van der Waals surface area contributed by atoms with Gasteiger partial charge in [0.15, 0.2) is 0 Å². The van der Waals surface area contributed by atoms with Gasteiger partial charge in [-0.15, -0.1) is 0 Å². The minimum absolute atomic E-state index is 0.132. The SMILES string of the molecule is Cc1ccc([N+](=O)[O-])c(NCCN2CCOCC2)c1. The fourth-order valence-corrected chi connectivity index (χ4v) is 2.12. The lowest BCUT2D eigenvalue weighted by Crippen LogP contribution is -2.39. The van der Waals surface area contributed by atoms with Gasteiger partial charge in [0, 0.05) is 32.2 Å². The van der Waals surface area contributed by atoms with Crippen LogP contribution in [-0.2, 0) is 4.74 Å². The largest absolute Gasteiger partial charge is 0.379 e. The summed E-state index contributed by atoms with van der Waals surface area (Å²) in [5.41, 5.74) is 1.74. The van der Waals surface area contributed by atoms with E-state index in [1.54, 1.807) is 12.1 Å². The van der Waals surface area contributed by atoms with Crippen molar-refractivity contribution in [1.82, 2.24) is 4.90 Å². The van der Waals surface area contributed by atoms with Crippen molar-refractivity contribution in [2.75, 3.05) is 44.7 Å². The van der Waals surface area contributed by atoms with Gasteiger partial charge in [0.25, 0.3) is 5.69 Å². The summed E-state index contributed by atoms with van der Waals surface area (Å²) in [5.74, 6) is 0. The maximum atomic E-state index is 10.9. The number of benzene rings is 1. The summed E-state index contributed by atoms with van der Waals surface area (Å²) >= 11 is 0. The van der Waals surface area contributed by atoms with Crippen molar-refractivity contribution >= 4 is 11.4 Å². The minimum atomic E-state index is -0.351. The van der Waals surface area contributed by atoms with Crippen LogP contribution in [0, 0.1) is 17.0 Å². The number of hydrogen-bond donors (Lipinski definition) is 1. The number of ether oxygens (including phenoxy) is 1. The summed E-state index contributed by atoms with van der Waals surface area (Å²) in [7, 11) is 0. The molecule has 1 N–H and O–H groups in total. The first kappa shape index (κ1) is 13.8. The first-order valence-electron chi connectivity index (χ1n) is 6.46. The zero-order valence-corrected chi connectivity index (χ0v) is 11.1. The third-order valence-corrected chi connectivity index (χ3v) is 3.20. The topological polar surface area (TPSA) is 67.6 Å². The van der Waals surface area contributed by atoms with E-state index < -0.39 is 0 Å². The molecule has 1 heterocycles. The molecule has 0 saturated carbocycles. The van der Waals surface area contributed by atoms with E-state index in [2.05, 4.69) is 10.2 Å². The number of morpholine rings is 1. The number of rotatable bonds is 5. The molecule has 0 atom stereocenters. The number of nitro benzene ring substituents is 1. The Kier molecular flexibility index (Phi) is 4.70.